The van der Waals surface area contributed by atoms with Gasteiger partial charge in [0, 0.05) is 12.5 Å². The van der Waals surface area contributed by atoms with Crippen LogP contribution in [0, 0.1) is 45.4 Å². The van der Waals surface area contributed by atoms with Crippen LogP contribution in [-0.2, 0) is 10.0 Å². The molecule has 0 spiro atoms. The summed E-state index contributed by atoms with van der Waals surface area (Å²) in [5.74, 6) is 0.0854. The van der Waals surface area contributed by atoms with Crippen molar-refractivity contribution >= 4 is 15.9 Å². The van der Waals surface area contributed by atoms with E-state index in [-0.39, 0.29) is 5.84 Å². The number of rotatable bonds is 2. The van der Waals surface area contributed by atoms with E-state index >= 15 is 0 Å². The first-order valence-corrected chi connectivity index (χ1v) is 8.83. The number of benzene rings is 1. The lowest BCUT2D eigenvalue weighted by molar-refractivity contribution is 0.495. The van der Waals surface area contributed by atoms with Gasteiger partial charge in [0.1, 0.15) is 5.84 Å². The Hall–Kier alpha value is -1.36. The molecule has 0 saturated heterocycles. The molecule has 0 aromatic heterocycles. The van der Waals surface area contributed by atoms with E-state index in [0.29, 0.717) is 4.90 Å². The second-order valence-electron chi connectivity index (χ2n) is 7.03. The zero-order chi connectivity index (χ0) is 17.6. The standard InChI is InChI=1S/C17H28N2O2S/c1-10-11(2)13(4)15(14(5)12(10)3)22(20,21)19(9)16(18)17(6,7)8/h18H,1-9H3. The maximum atomic E-state index is 13.1. The second-order valence-corrected chi connectivity index (χ2v) is 8.93. The van der Waals surface area contributed by atoms with E-state index < -0.39 is 15.4 Å². The van der Waals surface area contributed by atoms with E-state index in [1.165, 1.54) is 7.05 Å². The molecule has 22 heavy (non-hydrogen) atoms. The zero-order valence-electron chi connectivity index (χ0n) is 15.2. The van der Waals surface area contributed by atoms with E-state index in [4.69, 9.17) is 5.41 Å². The van der Waals surface area contributed by atoms with Crippen LogP contribution in [0.25, 0.3) is 0 Å². The predicted octanol–water partition coefficient (Wildman–Crippen LogP) is 3.87. The lowest BCUT2D eigenvalue weighted by Gasteiger charge is -2.30. The number of hydrogen-bond acceptors (Lipinski definition) is 3. The van der Waals surface area contributed by atoms with E-state index in [1.54, 1.807) is 0 Å². The number of nitrogens with one attached hydrogen (secondary N) is 1. The first-order chi connectivity index (χ1) is 9.74. The summed E-state index contributed by atoms with van der Waals surface area (Å²) in [6.07, 6.45) is 0. The molecule has 0 saturated carbocycles. The van der Waals surface area contributed by atoms with Crippen molar-refractivity contribution in [3.05, 3.63) is 27.8 Å². The fourth-order valence-electron chi connectivity index (χ4n) is 2.58. The highest BCUT2D eigenvalue weighted by Crippen LogP contribution is 2.32. The Morgan fingerprint density at radius 3 is 1.50 bits per heavy atom. The van der Waals surface area contributed by atoms with Crippen molar-refractivity contribution in [3.8, 4) is 0 Å². The van der Waals surface area contributed by atoms with Crippen molar-refractivity contribution in [1.29, 1.82) is 5.41 Å². The van der Waals surface area contributed by atoms with Gasteiger partial charge >= 0.3 is 0 Å². The molecule has 0 heterocycles. The molecule has 0 fully saturated rings. The molecule has 0 aliphatic heterocycles. The molecular weight excluding hydrogens is 296 g/mol. The Kier molecular flexibility index (Phi) is 4.83. The van der Waals surface area contributed by atoms with Crippen LogP contribution >= 0.6 is 0 Å². The molecule has 1 rings (SSSR count). The fraction of sp³-hybridized carbons (Fsp3) is 0.588. The molecule has 4 nitrogen and oxygen atoms in total. The Balaban J connectivity index is 3.65. The lowest BCUT2D eigenvalue weighted by Crippen LogP contribution is -2.40. The van der Waals surface area contributed by atoms with Crippen LogP contribution in [0.3, 0.4) is 0 Å². The molecule has 0 amide bonds. The minimum atomic E-state index is -3.74. The average molecular weight is 324 g/mol. The van der Waals surface area contributed by atoms with Crippen molar-refractivity contribution in [2.45, 2.75) is 60.3 Å². The summed E-state index contributed by atoms with van der Waals surface area (Å²) in [4.78, 5) is 0.338. The van der Waals surface area contributed by atoms with Crippen molar-refractivity contribution in [2.75, 3.05) is 7.05 Å². The third-order valence-corrected chi connectivity index (χ3v) is 6.61. The average Bonchev–Trinajstić information content (AvgIpc) is 2.40. The number of hydrogen-bond donors (Lipinski definition) is 1. The Morgan fingerprint density at radius 1 is 0.864 bits per heavy atom. The second kappa shape index (κ2) is 5.69. The van der Waals surface area contributed by atoms with E-state index in [9.17, 15) is 8.42 Å². The van der Waals surface area contributed by atoms with Crippen molar-refractivity contribution in [1.82, 2.24) is 4.31 Å². The maximum absolute atomic E-state index is 13.1. The fourth-order valence-corrected chi connectivity index (χ4v) is 4.45. The summed E-state index contributed by atoms with van der Waals surface area (Å²) < 4.78 is 27.2. The molecule has 5 heteroatoms. The molecule has 0 aliphatic rings. The Labute approximate surface area is 135 Å². The summed E-state index contributed by atoms with van der Waals surface area (Å²) in [6.45, 7) is 15.1. The largest absolute Gasteiger partial charge is 0.287 e. The summed E-state index contributed by atoms with van der Waals surface area (Å²) in [7, 11) is -2.27. The normalized spacial score (nSPS) is 12.4. The van der Waals surface area contributed by atoms with E-state index in [1.807, 2.05) is 55.4 Å². The Bertz CT molecular complexity index is 697. The van der Waals surface area contributed by atoms with Gasteiger partial charge in [0.2, 0.25) is 0 Å². The predicted molar refractivity (Wildman–Crippen MR) is 92.3 cm³/mol. The molecule has 0 aliphatic carbocycles. The van der Waals surface area contributed by atoms with Crippen molar-refractivity contribution in [3.63, 3.8) is 0 Å². The summed E-state index contributed by atoms with van der Waals surface area (Å²) in [5, 5.41) is 8.19. The monoisotopic (exact) mass is 324 g/mol. The van der Waals surface area contributed by atoms with Crippen LogP contribution in [-0.4, -0.2) is 25.6 Å². The van der Waals surface area contributed by atoms with Crippen LogP contribution in [0.15, 0.2) is 4.90 Å². The van der Waals surface area contributed by atoms with Crippen LogP contribution in [0.1, 0.15) is 48.6 Å². The number of sulfonamides is 1. The topological polar surface area (TPSA) is 61.2 Å². The Morgan fingerprint density at radius 2 is 1.18 bits per heavy atom. The van der Waals surface area contributed by atoms with Gasteiger partial charge in [-0.25, -0.2) is 8.42 Å². The van der Waals surface area contributed by atoms with Crippen molar-refractivity contribution in [2.24, 2.45) is 5.41 Å². The van der Waals surface area contributed by atoms with E-state index in [2.05, 4.69) is 0 Å². The summed E-state index contributed by atoms with van der Waals surface area (Å²) in [6, 6.07) is 0. The number of nitrogens with zero attached hydrogens (tertiary/aromatic N) is 1. The van der Waals surface area contributed by atoms with Gasteiger partial charge in [-0.3, -0.25) is 9.71 Å². The van der Waals surface area contributed by atoms with Gasteiger partial charge in [-0.15, -0.1) is 0 Å². The highest BCUT2D eigenvalue weighted by molar-refractivity contribution is 7.89. The van der Waals surface area contributed by atoms with Crippen LogP contribution in [0.5, 0.6) is 0 Å². The van der Waals surface area contributed by atoms with Crippen LogP contribution < -0.4 is 0 Å². The van der Waals surface area contributed by atoms with Crippen molar-refractivity contribution < 1.29 is 8.42 Å². The maximum Gasteiger partial charge on any atom is 0.265 e. The van der Waals surface area contributed by atoms with Gasteiger partial charge in [-0.2, -0.15) is 0 Å². The quantitative estimate of drug-likeness (QED) is 0.663. The minimum Gasteiger partial charge on any atom is -0.287 e. The van der Waals surface area contributed by atoms with Gasteiger partial charge in [-0.05, 0) is 62.4 Å². The molecule has 0 bridgehead atoms. The first-order valence-electron chi connectivity index (χ1n) is 7.39. The SMILES string of the molecule is Cc1c(C)c(C)c(S(=O)(=O)N(C)C(=N)C(C)(C)C)c(C)c1C. The first kappa shape index (κ1) is 18.7. The van der Waals surface area contributed by atoms with Gasteiger partial charge in [0.25, 0.3) is 10.0 Å². The van der Waals surface area contributed by atoms with Crippen LogP contribution in [0.4, 0.5) is 0 Å². The molecular formula is C17H28N2O2S. The minimum absolute atomic E-state index is 0.0854. The highest BCUT2D eigenvalue weighted by Gasteiger charge is 2.33. The van der Waals surface area contributed by atoms with Gasteiger partial charge in [0.05, 0.1) is 4.90 Å². The molecule has 0 unspecified atom stereocenters. The highest BCUT2D eigenvalue weighted by atomic mass is 32.2. The third-order valence-electron chi connectivity index (χ3n) is 4.57. The molecule has 0 radical (unpaired) electrons. The number of amidine groups is 1. The summed E-state index contributed by atoms with van der Waals surface area (Å²) >= 11 is 0. The smallest absolute Gasteiger partial charge is 0.265 e. The molecule has 124 valence electrons. The van der Waals surface area contributed by atoms with Gasteiger partial charge < -0.3 is 0 Å². The lowest BCUT2D eigenvalue weighted by atomic mass is 9.95. The van der Waals surface area contributed by atoms with Gasteiger partial charge in [-0.1, -0.05) is 20.8 Å². The molecule has 1 N–H and O–H groups in total. The van der Waals surface area contributed by atoms with E-state index in [0.717, 1.165) is 32.1 Å². The molecule has 1 aromatic rings. The van der Waals surface area contributed by atoms with Gasteiger partial charge in [0.15, 0.2) is 0 Å². The molecule has 1 aromatic carbocycles. The molecule has 0 atom stereocenters. The summed E-state index contributed by atoms with van der Waals surface area (Å²) in [5.41, 5.74) is 4.14. The third kappa shape index (κ3) is 2.91. The van der Waals surface area contributed by atoms with Crippen LogP contribution in [0.2, 0.25) is 0 Å². The zero-order valence-corrected chi connectivity index (χ0v) is 16.0.